The van der Waals surface area contributed by atoms with Gasteiger partial charge in [-0.2, -0.15) is 0 Å². The Bertz CT molecular complexity index is 747. The Hall–Kier alpha value is -2.82. The van der Waals surface area contributed by atoms with Crippen molar-refractivity contribution in [3.05, 3.63) is 66.2 Å². The van der Waals surface area contributed by atoms with E-state index in [1.165, 1.54) is 0 Å². The number of benzene rings is 2. The minimum atomic E-state index is -0.531. The number of carbonyl (C=O) groups excluding carboxylic acids is 2. The number of nitrogens with one attached hydrogen (secondary N) is 1. The van der Waals surface area contributed by atoms with Crippen molar-refractivity contribution in [2.24, 2.45) is 5.92 Å². The molecular formula is C24H32N2O3. The highest BCUT2D eigenvalue weighted by molar-refractivity contribution is 5.87. The third kappa shape index (κ3) is 7.98. The van der Waals surface area contributed by atoms with Gasteiger partial charge in [0.05, 0.1) is 6.61 Å². The third-order valence-electron chi connectivity index (χ3n) is 4.59. The van der Waals surface area contributed by atoms with E-state index in [0.717, 1.165) is 11.3 Å². The number of para-hydroxylation sites is 1. The van der Waals surface area contributed by atoms with Crippen LogP contribution in [0.5, 0.6) is 5.75 Å². The number of hydrogen-bond donors (Lipinski definition) is 1. The van der Waals surface area contributed by atoms with E-state index in [9.17, 15) is 9.59 Å². The molecule has 5 nitrogen and oxygen atoms in total. The molecule has 156 valence electrons. The molecule has 29 heavy (non-hydrogen) atoms. The average Bonchev–Trinajstić information content (AvgIpc) is 2.74. The Morgan fingerprint density at radius 1 is 0.966 bits per heavy atom. The summed E-state index contributed by atoms with van der Waals surface area (Å²) in [5, 5.41) is 2.93. The van der Waals surface area contributed by atoms with E-state index in [0.29, 0.717) is 38.5 Å². The van der Waals surface area contributed by atoms with Crippen LogP contribution < -0.4 is 10.1 Å². The molecule has 2 rings (SSSR count). The van der Waals surface area contributed by atoms with E-state index in [1.54, 1.807) is 11.8 Å². The van der Waals surface area contributed by atoms with Crippen molar-refractivity contribution in [3.8, 4) is 5.75 Å². The van der Waals surface area contributed by atoms with Crippen LogP contribution in [0.1, 0.15) is 39.2 Å². The number of hydrogen-bond acceptors (Lipinski definition) is 3. The molecule has 0 aliphatic heterocycles. The summed E-state index contributed by atoms with van der Waals surface area (Å²) in [4.78, 5) is 27.2. The highest BCUT2D eigenvalue weighted by Gasteiger charge is 2.25. The first-order chi connectivity index (χ1) is 14.0. The topological polar surface area (TPSA) is 58.6 Å². The summed E-state index contributed by atoms with van der Waals surface area (Å²) in [6, 6.07) is 18.8. The largest absolute Gasteiger partial charge is 0.494 e. The fourth-order valence-corrected chi connectivity index (χ4v) is 2.89. The van der Waals surface area contributed by atoms with Gasteiger partial charge in [0.25, 0.3) is 0 Å². The van der Waals surface area contributed by atoms with Gasteiger partial charge in [-0.15, -0.1) is 0 Å². The Balaban J connectivity index is 1.95. The zero-order valence-corrected chi connectivity index (χ0v) is 17.6. The number of rotatable bonds is 11. The van der Waals surface area contributed by atoms with Gasteiger partial charge in [-0.25, -0.2) is 0 Å². The SMILES string of the molecule is CC(C)CNC(=O)C(C)N(Cc1ccccc1)C(=O)CCCOc1ccccc1. The fraction of sp³-hybridized carbons (Fsp3) is 0.417. The second-order valence-corrected chi connectivity index (χ2v) is 7.59. The third-order valence-corrected chi connectivity index (χ3v) is 4.59. The number of amides is 2. The zero-order valence-electron chi connectivity index (χ0n) is 17.6. The molecule has 2 amide bonds. The predicted molar refractivity (Wildman–Crippen MR) is 115 cm³/mol. The molecule has 1 atom stereocenters. The van der Waals surface area contributed by atoms with Gasteiger partial charge in [-0.1, -0.05) is 62.4 Å². The maximum Gasteiger partial charge on any atom is 0.242 e. The first-order valence-electron chi connectivity index (χ1n) is 10.3. The zero-order chi connectivity index (χ0) is 21.1. The maximum atomic E-state index is 12.9. The summed E-state index contributed by atoms with van der Waals surface area (Å²) in [6.07, 6.45) is 0.931. The van der Waals surface area contributed by atoms with Crippen LogP contribution in [0.25, 0.3) is 0 Å². The minimum Gasteiger partial charge on any atom is -0.494 e. The Kier molecular flexibility index (Phi) is 9.22. The van der Waals surface area contributed by atoms with Gasteiger partial charge < -0.3 is 15.0 Å². The standard InChI is InChI=1S/C24H32N2O3/c1-19(2)17-25-24(28)20(3)26(18-21-11-6-4-7-12-21)23(27)15-10-16-29-22-13-8-5-9-14-22/h4-9,11-14,19-20H,10,15-18H2,1-3H3,(H,25,28). The van der Waals surface area contributed by atoms with Gasteiger partial charge in [-0.3, -0.25) is 9.59 Å². The van der Waals surface area contributed by atoms with Gasteiger partial charge >= 0.3 is 0 Å². The summed E-state index contributed by atoms with van der Waals surface area (Å²) in [6.45, 7) is 7.35. The van der Waals surface area contributed by atoms with E-state index in [4.69, 9.17) is 4.74 Å². The molecule has 2 aromatic carbocycles. The van der Waals surface area contributed by atoms with Crippen molar-refractivity contribution in [3.63, 3.8) is 0 Å². The molecule has 1 unspecified atom stereocenters. The van der Waals surface area contributed by atoms with Crippen LogP contribution in [-0.4, -0.2) is 35.9 Å². The van der Waals surface area contributed by atoms with Crippen LogP contribution in [0.2, 0.25) is 0 Å². The van der Waals surface area contributed by atoms with E-state index in [2.05, 4.69) is 5.32 Å². The van der Waals surface area contributed by atoms with E-state index in [1.807, 2.05) is 74.5 Å². The monoisotopic (exact) mass is 396 g/mol. The van der Waals surface area contributed by atoms with Crippen LogP contribution in [0.4, 0.5) is 0 Å². The molecule has 0 heterocycles. The van der Waals surface area contributed by atoms with E-state index >= 15 is 0 Å². The number of carbonyl (C=O) groups is 2. The van der Waals surface area contributed by atoms with Crippen molar-refractivity contribution in [2.75, 3.05) is 13.2 Å². The highest BCUT2D eigenvalue weighted by Crippen LogP contribution is 2.13. The number of ether oxygens (including phenoxy) is 1. The molecule has 0 saturated heterocycles. The molecule has 5 heteroatoms. The highest BCUT2D eigenvalue weighted by atomic mass is 16.5. The summed E-state index contributed by atoms with van der Waals surface area (Å²) in [7, 11) is 0. The molecule has 0 spiro atoms. The molecule has 0 saturated carbocycles. The molecule has 0 aromatic heterocycles. The van der Waals surface area contributed by atoms with Crippen LogP contribution in [0.3, 0.4) is 0 Å². The van der Waals surface area contributed by atoms with Crippen LogP contribution in [0, 0.1) is 5.92 Å². The van der Waals surface area contributed by atoms with Crippen LogP contribution in [0.15, 0.2) is 60.7 Å². The summed E-state index contributed by atoms with van der Waals surface area (Å²) >= 11 is 0. The summed E-state index contributed by atoms with van der Waals surface area (Å²) in [5.41, 5.74) is 1.00. The van der Waals surface area contributed by atoms with E-state index in [-0.39, 0.29) is 11.8 Å². The van der Waals surface area contributed by atoms with E-state index < -0.39 is 6.04 Å². The lowest BCUT2D eigenvalue weighted by Crippen LogP contribution is -2.48. The molecule has 0 aliphatic rings. The summed E-state index contributed by atoms with van der Waals surface area (Å²) in [5.74, 6) is 0.989. The van der Waals surface area contributed by atoms with Crippen LogP contribution in [-0.2, 0) is 16.1 Å². The first kappa shape index (κ1) is 22.5. The van der Waals surface area contributed by atoms with Gasteiger partial charge in [0, 0.05) is 19.5 Å². The molecule has 1 N–H and O–H groups in total. The summed E-state index contributed by atoms with van der Waals surface area (Å²) < 4.78 is 5.68. The first-order valence-corrected chi connectivity index (χ1v) is 10.3. The Morgan fingerprint density at radius 3 is 2.21 bits per heavy atom. The van der Waals surface area contributed by atoms with Gasteiger partial charge in [0.15, 0.2) is 0 Å². The maximum absolute atomic E-state index is 12.9. The second kappa shape index (κ2) is 11.9. The molecule has 0 bridgehead atoms. The average molecular weight is 397 g/mol. The van der Waals surface area contributed by atoms with Crippen molar-refractivity contribution >= 4 is 11.8 Å². The lowest BCUT2D eigenvalue weighted by Gasteiger charge is -2.29. The van der Waals surface area contributed by atoms with Crippen LogP contribution >= 0.6 is 0 Å². The van der Waals surface area contributed by atoms with Crippen molar-refractivity contribution in [2.45, 2.75) is 46.2 Å². The number of nitrogens with zero attached hydrogens (tertiary/aromatic N) is 1. The van der Waals surface area contributed by atoms with Gasteiger partial charge in [0.2, 0.25) is 11.8 Å². The molecule has 0 fully saturated rings. The minimum absolute atomic E-state index is 0.0438. The lowest BCUT2D eigenvalue weighted by molar-refractivity contribution is -0.140. The Morgan fingerprint density at radius 2 is 1.59 bits per heavy atom. The molecule has 0 aliphatic carbocycles. The lowest BCUT2D eigenvalue weighted by atomic mass is 10.1. The second-order valence-electron chi connectivity index (χ2n) is 7.59. The predicted octanol–water partition coefficient (Wildman–Crippen LogP) is 4.04. The normalized spacial score (nSPS) is 11.7. The van der Waals surface area contributed by atoms with Crippen molar-refractivity contribution in [1.82, 2.24) is 10.2 Å². The van der Waals surface area contributed by atoms with Crippen molar-refractivity contribution < 1.29 is 14.3 Å². The Labute approximate surface area is 174 Å². The quantitative estimate of drug-likeness (QED) is 0.583. The van der Waals surface area contributed by atoms with Gasteiger partial charge in [0.1, 0.15) is 11.8 Å². The smallest absolute Gasteiger partial charge is 0.242 e. The van der Waals surface area contributed by atoms with Crippen molar-refractivity contribution in [1.29, 1.82) is 0 Å². The molecule has 2 aromatic rings. The molecular weight excluding hydrogens is 364 g/mol. The molecule has 0 radical (unpaired) electrons. The fourth-order valence-electron chi connectivity index (χ4n) is 2.89. The van der Waals surface area contributed by atoms with Gasteiger partial charge in [-0.05, 0) is 37.0 Å².